The molecule has 4 N–H and O–H groups in total. The highest BCUT2D eigenvalue weighted by atomic mass is 16.5. The minimum atomic E-state index is 0.0314. The third-order valence-corrected chi connectivity index (χ3v) is 3.27. The first-order valence-corrected chi connectivity index (χ1v) is 6.79. The van der Waals surface area contributed by atoms with Crippen molar-refractivity contribution >= 4 is 11.5 Å². The molecule has 0 saturated heterocycles. The number of fused-ring (bicyclic) bond motifs is 1. The molecule has 1 aromatic heterocycles. The molecule has 1 atom stereocenters. The number of nitrogens with zero attached hydrogens (tertiary/aromatic N) is 2. The van der Waals surface area contributed by atoms with Gasteiger partial charge in [0.05, 0.1) is 11.8 Å². The summed E-state index contributed by atoms with van der Waals surface area (Å²) in [5.41, 5.74) is 13.1. The molecule has 2 rings (SSSR count). The number of aromatic nitrogens is 1. The Hall–Kier alpha value is -2.00. The van der Waals surface area contributed by atoms with Crippen LogP contribution in [-0.4, -0.2) is 23.8 Å². The standard InChI is InChI=1S/C14H20N4O2/c1-8(2)19-5-3-4-9-6-10-12(16)11(7-15)13(17)18-14(10)20-9/h8-9H,3-6H2,1-2H3,(H4,16,17,18). The number of ether oxygens (including phenoxy) is 2. The summed E-state index contributed by atoms with van der Waals surface area (Å²) in [4.78, 5) is 4.11. The first-order chi connectivity index (χ1) is 9.52. The number of nitriles is 1. The predicted molar refractivity (Wildman–Crippen MR) is 76.2 cm³/mol. The Morgan fingerprint density at radius 1 is 1.50 bits per heavy atom. The SMILES string of the molecule is CC(C)OCCCC1Cc2c(nc(N)c(C#N)c2N)O1. The second-order valence-electron chi connectivity index (χ2n) is 5.19. The van der Waals surface area contributed by atoms with Crippen LogP contribution >= 0.6 is 0 Å². The van der Waals surface area contributed by atoms with Gasteiger partial charge in [-0.2, -0.15) is 10.2 Å². The first kappa shape index (κ1) is 14.4. The molecular weight excluding hydrogens is 256 g/mol. The van der Waals surface area contributed by atoms with Gasteiger partial charge in [0.1, 0.15) is 23.6 Å². The van der Waals surface area contributed by atoms with E-state index in [9.17, 15) is 0 Å². The van der Waals surface area contributed by atoms with Gasteiger partial charge in [-0.15, -0.1) is 0 Å². The van der Waals surface area contributed by atoms with Crippen molar-refractivity contribution in [3.63, 3.8) is 0 Å². The summed E-state index contributed by atoms with van der Waals surface area (Å²) in [6, 6.07) is 1.98. The van der Waals surface area contributed by atoms with Crippen molar-refractivity contribution in [2.75, 3.05) is 18.1 Å². The van der Waals surface area contributed by atoms with Gasteiger partial charge < -0.3 is 20.9 Å². The van der Waals surface area contributed by atoms with Gasteiger partial charge in [0, 0.05) is 18.6 Å². The van der Waals surface area contributed by atoms with Crippen LogP contribution in [0.4, 0.5) is 11.5 Å². The molecule has 0 aliphatic carbocycles. The number of nitrogen functional groups attached to an aromatic ring is 2. The molecule has 0 bridgehead atoms. The smallest absolute Gasteiger partial charge is 0.221 e. The van der Waals surface area contributed by atoms with Gasteiger partial charge in [-0.25, -0.2) is 0 Å². The van der Waals surface area contributed by atoms with Crippen LogP contribution in [0.3, 0.4) is 0 Å². The van der Waals surface area contributed by atoms with E-state index in [0.29, 0.717) is 24.6 Å². The summed E-state index contributed by atoms with van der Waals surface area (Å²) < 4.78 is 11.2. The highest BCUT2D eigenvalue weighted by Gasteiger charge is 2.28. The van der Waals surface area contributed by atoms with Crippen LogP contribution in [0.1, 0.15) is 37.8 Å². The second-order valence-corrected chi connectivity index (χ2v) is 5.19. The molecule has 0 fully saturated rings. The van der Waals surface area contributed by atoms with Crippen LogP contribution in [0.2, 0.25) is 0 Å². The fourth-order valence-electron chi connectivity index (χ4n) is 2.27. The molecule has 0 radical (unpaired) electrons. The number of hydrogen-bond donors (Lipinski definition) is 2. The molecule has 20 heavy (non-hydrogen) atoms. The molecule has 0 aromatic carbocycles. The number of hydrogen-bond acceptors (Lipinski definition) is 6. The van der Waals surface area contributed by atoms with Crippen LogP contribution in [0.25, 0.3) is 0 Å². The van der Waals surface area contributed by atoms with E-state index in [1.165, 1.54) is 0 Å². The Balaban J connectivity index is 1.98. The van der Waals surface area contributed by atoms with Crippen molar-refractivity contribution in [3.8, 4) is 11.9 Å². The predicted octanol–water partition coefficient (Wildman–Crippen LogP) is 1.63. The van der Waals surface area contributed by atoms with Gasteiger partial charge >= 0.3 is 0 Å². The van der Waals surface area contributed by atoms with Gasteiger partial charge in [-0.3, -0.25) is 0 Å². The molecule has 1 aliphatic rings. The molecule has 108 valence electrons. The third kappa shape index (κ3) is 2.94. The Morgan fingerprint density at radius 2 is 2.25 bits per heavy atom. The fraction of sp³-hybridized carbons (Fsp3) is 0.571. The van der Waals surface area contributed by atoms with E-state index >= 15 is 0 Å². The maximum absolute atomic E-state index is 9.01. The molecule has 1 aromatic rings. The highest BCUT2D eigenvalue weighted by Crippen LogP contribution is 2.36. The van der Waals surface area contributed by atoms with E-state index in [2.05, 4.69) is 4.98 Å². The maximum Gasteiger partial charge on any atom is 0.221 e. The average Bonchev–Trinajstić information content (AvgIpc) is 2.78. The summed E-state index contributed by atoms with van der Waals surface area (Å²) in [6.07, 6.45) is 2.72. The molecule has 0 saturated carbocycles. The minimum absolute atomic E-state index is 0.0314. The van der Waals surface area contributed by atoms with Crippen molar-refractivity contribution in [1.82, 2.24) is 4.98 Å². The maximum atomic E-state index is 9.01. The molecule has 1 unspecified atom stereocenters. The molecule has 6 heteroatoms. The van der Waals surface area contributed by atoms with Crippen LogP contribution in [0.15, 0.2) is 0 Å². The first-order valence-electron chi connectivity index (χ1n) is 6.79. The molecule has 1 aliphatic heterocycles. The van der Waals surface area contributed by atoms with Gasteiger partial charge in [0.25, 0.3) is 0 Å². The third-order valence-electron chi connectivity index (χ3n) is 3.27. The number of anilines is 2. The molecule has 0 amide bonds. The van der Waals surface area contributed by atoms with E-state index < -0.39 is 0 Å². The van der Waals surface area contributed by atoms with Crippen LogP contribution in [0.5, 0.6) is 5.88 Å². The lowest BCUT2D eigenvalue weighted by Gasteiger charge is -2.11. The lowest BCUT2D eigenvalue weighted by atomic mass is 10.0. The van der Waals surface area contributed by atoms with Crippen molar-refractivity contribution in [3.05, 3.63) is 11.1 Å². The zero-order valence-electron chi connectivity index (χ0n) is 11.8. The monoisotopic (exact) mass is 276 g/mol. The topological polar surface area (TPSA) is 107 Å². The zero-order chi connectivity index (χ0) is 14.7. The lowest BCUT2D eigenvalue weighted by molar-refractivity contribution is 0.0694. The summed E-state index contributed by atoms with van der Waals surface area (Å²) in [7, 11) is 0. The second kappa shape index (κ2) is 5.97. The van der Waals surface area contributed by atoms with Gasteiger partial charge in [0.2, 0.25) is 5.88 Å². The number of rotatable bonds is 5. The number of pyridine rings is 1. The quantitative estimate of drug-likeness (QED) is 0.791. The fourth-order valence-corrected chi connectivity index (χ4v) is 2.27. The van der Waals surface area contributed by atoms with Gasteiger partial charge in [-0.05, 0) is 26.7 Å². The Morgan fingerprint density at radius 3 is 2.90 bits per heavy atom. The summed E-state index contributed by atoms with van der Waals surface area (Å²) in [5.74, 6) is 0.598. The normalized spacial score (nSPS) is 16.8. The number of nitrogens with two attached hydrogens (primary N) is 2. The van der Waals surface area contributed by atoms with Crippen LogP contribution < -0.4 is 16.2 Å². The zero-order valence-corrected chi connectivity index (χ0v) is 11.8. The van der Waals surface area contributed by atoms with Crippen LogP contribution in [-0.2, 0) is 11.2 Å². The minimum Gasteiger partial charge on any atom is -0.474 e. The molecule has 6 nitrogen and oxygen atoms in total. The Labute approximate surface area is 118 Å². The Bertz CT molecular complexity index is 537. The van der Waals surface area contributed by atoms with Gasteiger partial charge in [0.15, 0.2) is 0 Å². The summed E-state index contributed by atoms with van der Waals surface area (Å²) >= 11 is 0. The summed E-state index contributed by atoms with van der Waals surface area (Å²) in [6.45, 7) is 4.74. The van der Waals surface area contributed by atoms with E-state index in [1.54, 1.807) is 0 Å². The summed E-state index contributed by atoms with van der Waals surface area (Å²) in [5, 5.41) is 9.01. The largest absolute Gasteiger partial charge is 0.474 e. The van der Waals surface area contributed by atoms with E-state index in [-0.39, 0.29) is 23.6 Å². The molecule has 2 heterocycles. The van der Waals surface area contributed by atoms with E-state index in [1.807, 2.05) is 19.9 Å². The van der Waals surface area contributed by atoms with E-state index in [0.717, 1.165) is 18.4 Å². The lowest BCUT2D eigenvalue weighted by Crippen LogP contribution is -2.15. The van der Waals surface area contributed by atoms with Crippen LogP contribution in [0, 0.1) is 11.3 Å². The highest BCUT2D eigenvalue weighted by molar-refractivity contribution is 5.71. The van der Waals surface area contributed by atoms with Crippen molar-refractivity contribution in [2.45, 2.75) is 45.3 Å². The average molecular weight is 276 g/mol. The Kier molecular flexibility index (Phi) is 4.30. The molecule has 0 spiro atoms. The van der Waals surface area contributed by atoms with Crippen molar-refractivity contribution < 1.29 is 9.47 Å². The van der Waals surface area contributed by atoms with E-state index in [4.69, 9.17) is 26.2 Å². The molecular formula is C14H20N4O2. The van der Waals surface area contributed by atoms with Crippen molar-refractivity contribution in [1.29, 1.82) is 5.26 Å². The van der Waals surface area contributed by atoms with Gasteiger partial charge in [-0.1, -0.05) is 0 Å². The van der Waals surface area contributed by atoms with Crippen molar-refractivity contribution in [2.24, 2.45) is 0 Å².